The maximum atomic E-state index is 13.0. The Kier molecular flexibility index (Phi) is 6.06. The van der Waals surface area contributed by atoms with Crippen molar-refractivity contribution in [2.45, 2.75) is 24.1 Å². The van der Waals surface area contributed by atoms with Crippen LogP contribution < -0.4 is 15.0 Å². The predicted octanol–water partition coefficient (Wildman–Crippen LogP) is 2.62. The van der Waals surface area contributed by atoms with E-state index in [-0.39, 0.29) is 5.75 Å². The normalized spacial score (nSPS) is 13.1. The number of carbonyl (C=O) groups is 1. The number of alkyl halides is 3. The SMILES string of the molecule is C[C@H](Oc1ccc(F)cc1)C(=O)NNS(=O)(=O)c1ccccc1C(F)(F)F. The van der Waals surface area contributed by atoms with E-state index in [1.54, 1.807) is 10.3 Å². The number of ether oxygens (including phenoxy) is 1. The Bertz CT molecular complexity index is 915. The number of halogens is 4. The Morgan fingerprint density at radius 3 is 2.26 bits per heavy atom. The fraction of sp³-hybridized carbons (Fsp3) is 0.188. The van der Waals surface area contributed by atoms with E-state index in [1.807, 2.05) is 0 Å². The number of hydrogen-bond donors (Lipinski definition) is 2. The molecule has 0 aliphatic heterocycles. The number of benzene rings is 2. The summed E-state index contributed by atoms with van der Waals surface area (Å²) in [6.45, 7) is 1.27. The summed E-state index contributed by atoms with van der Waals surface area (Å²) < 4.78 is 81.1. The molecule has 27 heavy (non-hydrogen) atoms. The van der Waals surface area contributed by atoms with Crippen LogP contribution in [0.25, 0.3) is 0 Å². The van der Waals surface area contributed by atoms with Crippen LogP contribution in [0.2, 0.25) is 0 Å². The molecule has 0 unspecified atom stereocenters. The third kappa shape index (κ3) is 5.41. The minimum Gasteiger partial charge on any atom is -0.481 e. The Morgan fingerprint density at radius 2 is 1.67 bits per heavy atom. The van der Waals surface area contributed by atoms with E-state index in [9.17, 15) is 30.8 Å². The molecule has 0 heterocycles. The average molecular weight is 406 g/mol. The Hall–Kier alpha value is -2.66. The highest BCUT2D eigenvalue weighted by molar-refractivity contribution is 7.89. The second-order valence-corrected chi connectivity index (χ2v) is 6.95. The summed E-state index contributed by atoms with van der Waals surface area (Å²) in [6, 6.07) is 8.22. The highest BCUT2D eigenvalue weighted by Crippen LogP contribution is 2.33. The fourth-order valence-corrected chi connectivity index (χ4v) is 3.06. The molecule has 0 bridgehead atoms. The Balaban J connectivity index is 2.07. The zero-order valence-corrected chi connectivity index (χ0v) is 14.6. The van der Waals surface area contributed by atoms with Crippen LogP contribution in [-0.2, 0) is 21.0 Å². The maximum absolute atomic E-state index is 13.0. The standard InChI is InChI=1S/C16H14F4N2O4S/c1-10(26-12-8-6-11(17)7-9-12)15(23)21-22-27(24,25)14-5-3-2-4-13(14)16(18,19)20/h2-10,22H,1H3,(H,21,23)/t10-/m0/s1. The second kappa shape index (κ2) is 7.92. The molecule has 0 aromatic heterocycles. The summed E-state index contributed by atoms with van der Waals surface area (Å²) in [6.07, 6.45) is -6.11. The van der Waals surface area contributed by atoms with E-state index in [1.165, 1.54) is 19.1 Å². The number of sulfonamides is 1. The van der Waals surface area contributed by atoms with Gasteiger partial charge in [-0.1, -0.05) is 12.1 Å². The van der Waals surface area contributed by atoms with Gasteiger partial charge in [0.15, 0.2) is 6.10 Å². The summed E-state index contributed by atoms with van der Waals surface area (Å²) in [5.41, 5.74) is 0.415. The van der Waals surface area contributed by atoms with E-state index in [0.29, 0.717) is 6.07 Å². The zero-order chi connectivity index (χ0) is 20.2. The molecule has 2 aromatic rings. The Morgan fingerprint density at radius 1 is 1.07 bits per heavy atom. The van der Waals surface area contributed by atoms with Gasteiger partial charge in [0.2, 0.25) is 0 Å². The van der Waals surface area contributed by atoms with Gasteiger partial charge in [0.25, 0.3) is 15.9 Å². The first kappa shape index (κ1) is 20.6. The summed E-state index contributed by atoms with van der Waals surface area (Å²) in [5, 5.41) is 0. The van der Waals surface area contributed by atoms with Gasteiger partial charge in [0.1, 0.15) is 11.6 Å². The smallest absolute Gasteiger partial charge is 0.417 e. The summed E-state index contributed by atoms with van der Waals surface area (Å²) >= 11 is 0. The molecule has 146 valence electrons. The molecule has 2 rings (SSSR count). The van der Waals surface area contributed by atoms with Gasteiger partial charge in [-0.05, 0) is 43.3 Å². The highest BCUT2D eigenvalue weighted by atomic mass is 32.2. The molecular formula is C16H14F4N2O4S. The number of amides is 1. The van der Waals surface area contributed by atoms with Gasteiger partial charge in [-0.2, -0.15) is 13.2 Å². The monoisotopic (exact) mass is 406 g/mol. The number of hydrazine groups is 1. The van der Waals surface area contributed by atoms with E-state index in [2.05, 4.69) is 0 Å². The number of carbonyl (C=O) groups excluding carboxylic acids is 1. The number of hydrogen-bond acceptors (Lipinski definition) is 4. The van der Waals surface area contributed by atoms with Gasteiger partial charge < -0.3 is 4.74 Å². The van der Waals surface area contributed by atoms with Crippen LogP contribution in [0.1, 0.15) is 12.5 Å². The summed E-state index contributed by atoms with van der Waals surface area (Å²) in [5.74, 6) is -1.34. The third-order valence-corrected chi connectivity index (χ3v) is 4.59. The van der Waals surface area contributed by atoms with E-state index in [0.717, 1.165) is 30.3 Å². The molecule has 1 amide bonds. The lowest BCUT2D eigenvalue weighted by molar-refractivity contribution is -0.139. The van der Waals surface area contributed by atoms with Crippen molar-refractivity contribution in [2.75, 3.05) is 0 Å². The molecular weight excluding hydrogens is 392 g/mol. The number of nitrogens with one attached hydrogen (secondary N) is 2. The molecule has 0 fully saturated rings. The maximum Gasteiger partial charge on any atom is 0.417 e. The lowest BCUT2D eigenvalue weighted by atomic mass is 10.2. The van der Waals surface area contributed by atoms with Crippen molar-refractivity contribution in [3.63, 3.8) is 0 Å². The average Bonchev–Trinajstić information content (AvgIpc) is 2.61. The Labute approximate surface area is 152 Å². The molecule has 0 saturated carbocycles. The van der Waals surface area contributed by atoms with Crippen LogP contribution in [0.15, 0.2) is 53.4 Å². The van der Waals surface area contributed by atoms with Crippen molar-refractivity contribution in [3.05, 3.63) is 59.9 Å². The van der Waals surface area contributed by atoms with Crippen molar-refractivity contribution >= 4 is 15.9 Å². The molecule has 0 radical (unpaired) electrons. The summed E-state index contributed by atoms with van der Waals surface area (Å²) in [4.78, 5) is 12.5. The van der Waals surface area contributed by atoms with Crippen LogP contribution in [0.3, 0.4) is 0 Å². The number of rotatable bonds is 6. The molecule has 11 heteroatoms. The highest BCUT2D eigenvalue weighted by Gasteiger charge is 2.37. The largest absolute Gasteiger partial charge is 0.481 e. The van der Waals surface area contributed by atoms with E-state index >= 15 is 0 Å². The minimum absolute atomic E-state index is 0.143. The molecule has 0 saturated heterocycles. The fourth-order valence-electron chi connectivity index (χ4n) is 1.98. The van der Waals surface area contributed by atoms with Gasteiger partial charge in [-0.15, -0.1) is 4.83 Å². The van der Waals surface area contributed by atoms with Crippen molar-refractivity contribution in [2.24, 2.45) is 0 Å². The van der Waals surface area contributed by atoms with E-state index in [4.69, 9.17) is 4.74 Å². The van der Waals surface area contributed by atoms with Crippen molar-refractivity contribution < 1.29 is 35.5 Å². The first-order valence-corrected chi connectivity index (χ1v) is 8.89. The molecule has 6 nitrogen and oxygen atoms in total. The van der Waals surface area contributed by atoms with Gasteiger partial charge in [0.05, 0.1) is 10.5 Å². The first-order chi connectivity index (χ1) is 12.5. The van der Waals surface area contributed by atoms with E-state index < -0.39 is 44.5 Å². The van der Waals surface area contributed by atoms with Gasteiger partial charge in [-0.25, -0.2) is 12.8 Å². The third-order valence-electron chi connectivity index (χ3n) is 3.29. The van der Waals surface area contributed by atoms with Gasteiger partial charge in [-0.3, -0.25) is 10.2 Å². The topological polar surface area (TPSA) is 84.5 Å². The molecule has 2 N–H and O–H groups in total. The quantitative estimate of drug-likeness (QED) is 0.571. The molecule has 1 atom stereocenters. The van der Waals surface area contributed by atoms with Crippen molar-refractivity contribution in [3.8, 4) is 5.75 Å². The molecule has 0 aliphatic rings. The summed E-state index contributed by atoms with van der Waals surface area (Å²) in [7, 11) is -4.69. The molecule has 0 aliphatic carbocycles. The lowest BCUT2D eigenvalue weighted by Gasteiger charge is -2.17. The van der Waals surface area contributed by atoms with Crippen LogP contribution in [-0.4, -0.2) is 20.4 Å². The first-order valence-electron chi connectivity index (χ1n) is 7.41. The lowest BCUT2D eigenvalue weighted by Crippen LogP contribution is -2.47. The zero-order valence-electron chi connectivity index (χ0n) is 13.7. The van der Waals surface area contributed by atoms with Crippen molar-refractivity contribution in [1.82, 2.24) is 10.3 Å². The molecule has 2 aromatic carbocycles. The van der Waals surface area contributed by atoms with Crippen LogP contribution in [0, 0.1) is 5.82 Å². The second-order valence-electron chi connectivity index (χ2n) is 5.30. The van der Waals surface area contributed by atoms with Gasteiger partial charge >= 0.3 is 6.18 Å². The van der Waals surface area contributed by atoms with Crippen LogP contribution >= 0.6 is 0 Å². The molecule has 0 spiro atoms. The van der Waals surface area contributed by atoms with Crippen LogP contribution in [0.5, 0.6) is 5.75 Å². The predicted molar refractivity (Wildman–Crippen MR) is 86.4 cm³/mol. The van der Waals surface area contributed by atoms with Crippen molar-refractivity contribution in [1.29, 1.82) is 0 Å². The minimum atomic E-state index is -4.89. The van der Waals surface area contributed by atoms with Crippen LogP contribution in [0.4, 0.5) is 17.6 Å². The van der Waals surface area contributed by atoms with Gasteiger partial charge in [0, 0.05) is 0 Å².